The van der Waals surface area contributed by atoms with Crippen molar-refractivity contribution < 1.29 is 15.0 Å². The van der Waals surface area contributed by atoms with Crippen LogP contribution in [0.5, 0.6) is 0 Å². The molecule has 1 heterocycles. The molecule has 0 spiro atoms. The molecule has 1 saturated heterocycles. The normalized spacial score (nSPS) is 29.4. The second kappa shape index (κ2) is 3.41. The first kappa shape index (κ1) is 9.48. The molecule has 4 heteroatoms. The Bertz CT molecular complexity index is 181. The van der Waals surface area contributed by atoms with Crippen LogP contribution < -0.4 is 0 Å². The molecule has 0 unspecified atom stereocenters. The lowest BCUT2D eigenvalue weighted by atomic mass is 9.93. The Balaban J connectivity index is 2.55. The molecule has 1 aliphatic heterocycles. The van der Waals surface area contributed by atoms with E-state index in [-0.39, 0.29) is 24.6 Å². The van der Waals surface area contributed by atoms with Gasteiger partial charge in [-0.3, -0.25) is 4.79 Å². The third kappa shape index (κ3) is 1.32. The van der Waals surface area contributed by atoms with Crippen LogP contribution in [0, 0.1) is 0 Å². The van der Waals surface area contributed by atoms with Crippen LogP contribution in [0.4, 0.5) is 0 Å². The van der Waals surface area contributed by atoms with Gasteiger partial charge >= 0.3 is 0 Å². The van der Waals surface area contributed by atoms with Crippen molar-refractivity contribution in [1.29, 1.82) is 0 Å². The van der Waals surface area contributed by atoms with Crippen molar-refractivity contribution in [2.24, 2.45) is 0 Å². The summed E-state index contributed by atoms with van der Waals surface area (Å²) in [5.74, 6) is -0.219. The van der Waals surface area contributed by atoms with E-state index in [0.29, 0.717) is 6.42 Å². The molecule has 70 valence electrons. The zero-order valence-electron chi connectivity index (χ0n) is 7.40. The molecule has 1 rings (SSSR count). The van der Waals surface area contributed by atoms with Gasteiger partial charge in [0, 0.05) is 12.6 Å². The predicted octanol–water partition coefficient (Wildman–Crippen LogP) is -0.651. The molecule has 0 aromatic heterocycles. The number of likely N-dealkylation sites (tertiary alicyclic amines) is 1. The summed E-state index contributed by atoms with van der Waals surface area (Å²) in [5, 5.41) is 17.9. The molecule has 12 heavy (non-hydrogen) atoms. The lowest BCUT2D eigenvalue weighted by Crippen LogP contribution is -2.66. The third-order valence-electron chi connectivity index (χ3n) is 2.21. The highest BCUT2D eigenvalue weighted by Crippen LogP contribution is 2.24. The molecule has 0 radical (unpaired) electrons. The van der Waals surface area contributed by atoms with E-state index in [1.54, 1.807) is 4.90 Å². The van der Waals surface area contributed by atoms with Gasteiger partial charge < -0.3 is 15.1 Å². The minimum atomic E-state index is -0.889. The summed E-state index contributed by atoms with van der Waals surface area (Å²) in [6, 6.07) is -0.0695. The van der Waals surface area contributed by atoms with Crippen molar-refractivity contribution in [2.45, 2.75) is 38.5 Å². The molecule has 4 nitrogen and oxygen atoms in total. The summed E-state index contributed by atoms with van der Waals surface area (Å²) in [5.41, 5.74) is 0. The Kier molecular flexibility index (Phi) is 2.69. The molecule has 0 bridgehead atoms. The number of nitrogens with zero attached hydrogens (tertiary/aromatic N) is 1. The van der Waals surface area contributed by atoms with Gasteiger partial charge in [-0.05, 0) is 20.3 Å². The Labute approximate surface area is 71.8 Å². The SMILES string of the molecule is CC(C)N1C(=O)[C@@H](O)[C@@H]1CCO. The molecular formula is C8H15NO3. The minimum Gasteiger partial charge on any atom is -0.396 e. The van der Waals surface area contributed by atoms with Gasteiger partial charge in [-0.15, -0.1) is 0 Å². The molecule has 0 saturated carbocycles. The highest BCUT2D eigenvalue weighted by atomic mass is 16.3. The van der Waals surface area contributed by atoms with Gasteiger partial charge in [0.05, 0.1) is 6.04 Å². The number of hydrogen-bond acceptors (Lipinski definition) is 3. The van der Waals surface area contributed by atoms with E-state index in [4.69, 9.17) is 5.11 Å². The van der Waals surface area contributed by atoms with E-state index in [1.165, 1.54) is 0 Å². The first-order valence-electron chi connectivity index (χ1n) is 4.20. The Morgan fingerprint density at radius 1 is 1.58 bits per heavy atom. The zero-order chi connectivity index (χ0) is 9.30. The smallest absolute Gasteiger partial charge is 0.254 e. The average molecular weight is 173 g/mol. The van der Waals surface area contributed by atoms with Gasteiger partial charge in [0.25, 0.3) is 5.91 Å². The van der Waals surface area contributed by atoms with Gasteiger partial charge in [0.1, 0.15) is 0 Å². The summed E-state index contributed by atoms with van der Waals surface area (Å²) in [4.78, 5) is 12.7. The fourth-order valence-electron chi connectivity index (χ4n) is 1.62. The molecule has 1 fully saturated rings. The second-order valence-corrected chi connectivity index (χ2v) is 3.36. The van der Waals surface area contributed by atoms with Crippen molar-refractivity contribution in [3.8, 4) is 0 Å². The highest BCUT2D eigenvalue weighted by Gasteiger charge is 2.46. The first-order chi connectivity index (χ1) is 5.59. The minimum absolute atomic E-state index is 0.0121. The number of rotatable bonds is 3. The maximum atomic E-state index is 11.1. The molecule has 2 atom stereocenters. The molecule has 0 aromatic rings. The van der Waals surface area contributed by atoms with Crippen LogP contribution in [0.15, 0.2) is 0 Å². The molecular weight excluding hydrogens is 158 g/mol. The van der Waals surface area contributed by atoms with Crippen molar-refractivity contribution in [3.05, 3.63) is 0 Å². The number of aliphatic hydroxyl groups is 2. The van der Waals surface area contributed by atoms with E-state index in [1.807, 2.05) is 13.8 Å². The number of aliphatic hydroxyl groups excluding tert-OH is 2. The van der Waals surface area contributed by atoms with E-state index in [2.05, 4.69) is 0 Å². The van der Waals surface area contributed by atoms with Crippen LogP contribution in [0.1, 0.15) is 20.3 Å². The van der Waals surface area contributed by atoms with Crippen LogP contribution in [-0.2, 0) is 4.79 Å². The second-order valence-electron chi connectivity index (χ2n) is 3.36. The predicted molar refractivity (Wildman–Crippen MR) is 43.5 cm³/mol. The number of amides is 1. The maximum Gasteiger partial charge on any atom is 0.254 e. The molecule has 1 aliphatic rings. The molecule has 2 N–H and O–H groups in total. The third-order valence-corrected chi connectivity index (χ3v) is 2.21. The zero-order valence-corrected chi connectivity index (χ0v) is 7.40. The summed E-state index contributed by atoms with van der Waals surface area (Å²) in [6.07, 6.45) is -0.426. The lowest BCUT2D eigenvalue weighted by molar-refractivity contribution is -0.171. The van der Waals surface area contributed by atoms with Crippen LogP contribution in [-0.4, -0.2) is 45.8 Å². The van der Waals surface area contributed by atoms with E-state index >= 15 is 0 Å². The number of β-lactam (4-membered cyclic amide) rings is 1. The van der Waals surface area contributed by atoms with Gasteiger partial charge in [-0.1, -0.05) is 0 Å². The van der Waals surface area contributed by atoms with Crippen molar-refractivity contribution in [2.75, 3.05) is 6.61 Å². The summed E-state index contributed by atoms with van der Waals surface area (Å²) >= 11 is 0. The quantitative estimate of drug-likeness (QED) is 0.557. The van der Waals surface area contributed by atoms with E-state index in [9.17, 15) is 9.90 Å². The number of carbonyl (C=O) groups is 1. The van der Waals surface area contributed by atoms with E-state index < -0.39 is 6.10 Å². The maximum absolute atomic E-state index is 11.1. The van der Waals surface area contributed by atoms with Crippen molar-refractivity contribution in [3.63, 3.8) is 0 Å². The fraction of sp³-hybridized carbons (Fsp3) is 0.875. The number of hydrogen-bond donors (Lipinski definition) is 2. The van der Waals surface area contributed by atoms with Gasteiger partial charge in [-0.25, -0.2) is 0 Å². The first-order valence-corrected chi connectivity index (χ1v) is 4.20. The standard InChI is InChI=1S/C8H15NO3/c1-5(2)9-6(3-4-10)7(11)8(9)12/h5-7,10-11H,3-4H2,1-2H3/t6-,7-/m0/s1. The van der Waals surface area contributed by atoms with Crippen LogP contribution in [0.2, 0.25) is 0 Å². The van der Waals surface area contributed by atoms with Crippen molar-refractivity contribution >= 4 is 5.91 Å². The van der Waals surface area contributed by atoms with Crippen LogP contribution in [0.25, 0.3) is 0 Å². The van der Waals surface area contributed by atoms with Crippen LogP contribution >= 0.6 is 0 Å². The molecule has 1 amide bonds. The topological polar surface area (TPSA) is 60.8 Å². The van der Waals surface area contributed by atoms with Gasteiger partial charge in [0.2, 0.25) is 0 Å². The Morgan fingerprint density at radius 2 is 2.17 bits per heavy atom. The van der Waals surface area contributed by atoms with Crippen molar-refractivity contribution in [1.82, 2.24) is 4.90 Å². The molecule has 0 aliphatic carbocycles. The average Bonchev–Trinajstić information content (AvgIpc) is 2.02. The van der Waals surface area contributed by atoms with Gasteiger partial charge in [0.15, 0.2) is 6.10 Å². The largest absolute Gasteiger partial charge is 0.396 e. The monoisotopic (exact) mass is 173 g/mol. The summed E-state index contributed by atoms with van der Waals surface area (Å²) in [6.45, 7) is 3.81. The summed E-state index contributed by atoms with van der Waals surface area (Å²) < 4.78 is 0. The molecule has 0 aromatic carbocycles. The highest BCUT2D eigenvalue weighted by molar-refractivity contribution is 5.88. The Morgan fingerprint density at radius 3 is 2.58 bits per heavy atom. The van der Waals surface area contributed by atoms with E-state index in [0.717, 1.165) is 0 Å². The lowest BCUT2D eigenvalue weighted by Gasteiger charge is -2.47. The summed E-state index contributed by atoms with van der Waals surface area (Å²) in [7, 11) is 0. The van der Waals surface area contributed by atoms with Gasteiger partial charge in [-0.2, -0.15) is 0 Å². The number of carbonyl (C=O) groups excluding carboxylic acids is 1. The fourth-order valence-corrected chi connectivity index (χ4v) is 1.62. The van der Waals surface area contributed by atoms with Crippen LogP contribution in [0.3, 0.4) is 0 Å². The Hall–Kier alpha value is -0.610.